The van der Waals surface area contributed by atoms with E-state index in [4.69, 9.17) is 0 Å². The van der Waals surface area contributed by atoms with Crippen molar-refractivity contribution in [3.05, 3.63) is 0 Å². The second-order valence-corrected chi connectivity index (χ2v) is 7.59. The molecule has 3 nitrogen and oxygen atoms in total. The van der Waals surface area contributed by atoms with Crippen molar-refractivity contribution in [2.75, 3.05) is 26.2 Å². The predicted octanol–water partition coefficient (Wildman–Crippen LogP) is 3.74. The first kappa shape index (κ1) is 18.6. The molecule has 0 spiro atoms. The molecule has 124 valence electrons. The van der Waals surface area contributed by atoms with E-state index in [1.54, 1.807) is 0 Å². The Bertz CT molecular complexity index is 280. The van der Waals surface area contributed by atoms with E-state index in [1.165, 1.54) is 51.6 Å². The van der Waals surface area contributed by atoms with Gasteiger partial charge in [-0.25, -0.2) is 0 Å². The molecule has 1 heterocycles. The Kier molecular flexibility index (Phi) is 8.50. The molecule has 0 aromatic heterocycles. The van der Waals surface area contributed by atoms with Crippen LogP contribution in [0.4, 0.5) is 0 Å². The molecule has 0 bridgehead atoms. The van der Waals surface area contributed by atoms with Crippen LogP contribution in [0.5, 0.6) is 0 Å². The van der Waals surface area contributed by atoms with Gasteiger partial charge in [-0.15, -0.1) is 0 Å². The minimum Gasteiger partial charge on any atom is -0.312 e. The van der Waals surface area contributed by atoms with Gasteiger partial charge in [0.2, 0.25) is 0 Å². The molecule has 1 aliphatic rings. The molecule has 1 fully saturated rings. The van der Waals surface area contributed by atoms with Gasteiger partial charge in [-0.3, -0.25) is 9.89 Å². The Labute approximate surface area is 132 Å². The van der Waals surface area contributed by atoms with Crippen molar-refractivity contribution in [1.82, 2.24) is 10.2 Å². The summed E-state index contributed by atoms with van der Waals surface area (Å²) in [5, 5.41) is 3.58. The van der Waals surface area contributed by atoms with Crippen LogP contribution in [-0.2, 0) is 0 Å². The lowest BCUT2D eigenvalue weighted by atomic mass is 9.88. The highest BCUT2D eigenvalue weighted by Gasteiger charge is 2.28. The van der Waals surface area contributed by atoms with E-state index < -0.39 is 0 Å². The maximum Gasteiger partial charge on any atom is 0.0533 e. The monoisotopic (exact) mass is 295 g/mol. The molecular weight excluding hydrogens is 258 g/mol. The Morgan fingerprint density at radius 2 is 1.67 bits per heavy atom. The first-order valence-electron chi connectivity index (χ1n) is 8.86. The van der Waals surface area contributed by atoms with Gasteiger partial charge in [0.25, 0.3) is 0 Å². The van der Waals surface area contributed by atoms with Crippen LogP contribution in [-0.4, -0.2) is 49.4 Å². The molecule has 0 saturated carbocycles. The molecule has 3 heteroatoms. The number of rotatable bonds is 8. The minimum atomic E-state index is 0.318. The van der Waals surface area contributed by atoms with Crippen molar-refractivity contribution < 1.29 is 0 Å². The molecule has 21 heavy (non-hydrogen) atoms. The van der Waals surface area contributed by atoms with Gasteiger partial charge in [-0.05, 0) is 72.3 Å². The topological polar surface area (TPSA) is 27.6 Å². The summed E-state index contributed by atoms with van der Waals surface area (Å²) in [4.78, 5) is 6.69. The lowest BCUT2D eigenvalue weighted by Crippen LogP contribution is -2.47. The average molecular weight is 296 g/mol. The number of likely N-dealkylation sites (tertiary alicyclic amines) is 1. The standard InChI is InChI=1S/C18H37N3/c1-16(14-20-17(2)15-19-5)13-18(3,4)21-11-9-7-6-8-10-12-21/h16-17,20H,5-15H2,1-4H3. The van der Waals surface area contributed by atoms with E-state index in [0.717, 1.165) is 13.1 Å². The highest BCUT2D eigenvalue weighted by atomic mass is 15.2. The maximum atomic E-state index is 3.96. The van der Waals surface area contributed by atoms with E-state index in [2.05, 4.69) is 49.6 Å². The third kappa shape index (κ3) is 7.42. The summed E-state index contributed by atoms with van der Waals surface area (Å²) in [5.41, 5.74) is 0.318. The minimum absolute atomic E-state index is 0.318. The summed E-state index contributed by atoms with van der Waals surface area (Å²) >= 11 is 0. The molecule has 0 aliphatic carbocycles. The molecular formula is C18H37N3. The van der Waals surface area contributed by atoms with Gasteiger partial charge in [0, 0.05) is 11.6 Å². The first-order valence-corrected chi connectivity index (χ1v) is 8.86. The van der Waals surface area contributed by atoms with E-state index >= 15 is 0 Å². The van der Waals surface area contributed by atoms with E-state index in [0.29, 0.717) is 17.5 Å². The van der Waals surface area contributed by atoms with Crippen LogP contribution in [0.1, 0.15) is 66.2 Å². The van der Waals surface area contributed by atoms with Crippen molar-refractivity contribution in [2.24, 2.45) is 10.9 Å². The van der Waals surface area contributed by atoms with Gasteiger partial charge in [-0.1, -0.05) is 26.2 Å². The second-order valence-electron chi connectivity index (χ2n) is 7.59. The van der Waals surface area contributed by atoms with Gasteiger partial charge < -0.3 is 5.32 Å². The fourth-order valence-corrected chi connectivity index (χ4v) is 3.57. The molecule has 2 atom stereocenters. The van der Waals surface area contributed by atoms with Crippen LogP contribution in [0.2, 0.25) is 0 Å². The van der Waals surface area contributed by atoms with Gasteiger partial charge in [-0.2, -0.15) is 0 Å². The van der Waals surface area contributed by atoms with Gasteiger partial charge in [0.1, 0.15) is 0 Å². The molecule has 1 saturated heterocycles. The first-order chi connectivity index (χ1) is 9.95. The Balaban J connectivity index is 2.39. The molecule has 1 aliphatic heterocycles. The van der Waals surface area contributed by atoms with Gasteiger partial charge in [0.15, 0.2) is 0 Å². The smallest absolute Gasteiger partial charge is 0.0533 e. The van der Waals surface area contributed by atoms with E-state index in [9.17, 15) is 0 Å². The highest BCUT2D eigenvalue weighted by Crippen LogP contribution is 2.26. The molecule has 1 rings (SSSR count). The number of nitrogens with zero attached hydrogens (tertiary/aromatic N) is 2. The van der Waals surface area contributed by atoms with Crippen LogP contribution in [0.15, 0.2) is 4.99 Å². The quantitative estimate of drug-likeness (QED) is 0.691. The summed E-state index contributed by atoms with van der Waals surface area (Å²) in [6, 6.07) is 0.440. The van der Waals surface area contributed by atoms with Gasteiger partial charge >= 0.3 is 0 Å². The lowest BCUT2D eigenvalue weighted by Gasteiger charge is -2.41. The van der Waals surface area contributed by atoms with Crippen LogP contribution in [0.25, 0.3) is 0 Å². The third-order valence-electron chi connectivity index (χ3n) is 4.78. The average Bonchev–Trinajstić information content (AvgIpc) is 2.35. The fraction of sp³-hybridized carbons (Fsp3) is 0.944. The summed E-state index contributed by atoms with van der Waals surface area (Å²) in [6.07, 6.45) is 8.26. The summed E-state index contributed by atoms with van der Waals surface area (Å²) < 4.78 is 0. The van der Waals surface area contributed by atoms with E-state index in [-0.39, 0.29) is 0 Å². The molecule has 1 N–H and O–H groups in total. The van der Waals surface area contributed by atoms with E-state index in [1.807, 2.05) is 0 Å². The number of hydrogen-bond acceptors (Lipinski definition) is 3. The summed E-state index contributed by atoms with van der Waals surface area (Å²) in [5.74, 6) is 0.692. The Morgan fingerprint density at radius 3 is 2.24 bits per heavy atom. The van der Waals surface area contributed by atoms with Crippen molar-refractivity contribution >= 4 is 6.72 Å². The zero-order chi connectivity index (χ0) is 15.7. The predicted molar refractivity (Wildman–Crippen MR) is 94.4 cm³/mol. The Morgan fingerprint density at radius 1 is 1.10 bits per heavy atom. The zero-order valence-electron chi connectivity index (χ0n) is 14.8. The summed E-state index contributed by atoms with van der Waals surface area (Å²) in [6.45, 7) is 17.4. The normalized spacial score (nSPS) is 21.3. The second kappa shape index (κ2) is 9.58. The van der Waals surface area contributed by atoms with Gasteiger partial charge in [0.05, 0.1) is 6.54 Å². The molecule has 2 unspecified atom stereocenters. The largest absolute Gasteiger partial charge is 0.312 e. The van der Waals surface area contributed by atoms with Crippen molar-refractivity contribution in [3.8, 4) is 0 Å². The Hall–Kier alpha value is -0.410. The van der Waals surface area contributed by atoms with Crippen molar-refractivity contribution in [2.45, 2.75) is 77.8 Å². The SMILES string of the molecule is C=NCC(C)NCC(C)CC(C)(C)N1CCCCCCC1. The van der Waals surface area contributed by atoms with Crippen LogP contribution < -0.4 is 5.32 Å². The van der Waals surface area contributed by atoms with Crippen LogP contribution in [0.3, 0.4) is 0 Å². The third-order valence-corrected chi connectivity index (χ3v) is 4.78. The van der Waals surface area contributed by atoms with Crippen LogP contribution >= 0.6 is 0 Å². The summed E-state index contributed by atoms with van der Waals surface area (Å²) in [7, 11) is 0. The number of hydrogen-bond donors (Lipinski definition) is 1. The number of aliphatic imine (C=N–C) groups is 1. The van der Waals surface area contributed by atoms with Crippen LogP contribution in [0, 0.1) is 5.92 Å². The van der Waals surface area contributed by atoms with Crippen molar-refractivity contribution in [3.63, 3.8) is 0 Å². The van der Waals surface area contributed by atoms with Crippen molar-refractivity contribution in [1.29, 1.82) is 0 Å². The molecule has 0 aromatic carbocycles. The maximum absolute atomic E-state index is 3.96. The molecule has 0 amide bonds. The zero-order valence-corrected chi connectivity index (χ0v) is 14.8. The molecule has 0 radical (unpaired) electrons. The molecule has 0 aromatic rings. The highest BCUT2D eigenvalue weighted by molar-refractivity contribution is 5.23. The lowest BCUT2D eigenvalue weighted by molar-refractivity contribution is 0.0858. The number of nitrogens with one attached hydrogen (secondary N) is 1. The fourth-order valence-electron chi connectivity index (χ4n) is 3.57.